The second kappa shape index (κ2) is 11.3. The van der Waals surface area contributed by atoms with Crippen molar-refractivity contribution in [3.8, 4) is 0 Å². The van der Waals surface area contributed by atoms with Gasteiger partial charge in [0.05, 0.1) is 12.8 Å². The van der Waals surface area contributed by atoms with E-state index in [4.69, 9.17) is 16.3 Å². The summed E-state index contributed by atoms with van der Waals surface area (Å²) in [5.41, 5.74) is 13.4. The maximum absolute atomic E-state index is 11.7. The Kier molecular flexibility index (Phi) is 9.48. The molecule has 0 amide bonds. The molecular formula is C22H31ClN4O2. The molecule has 1 atom stereocenters. The molecule has 158 valence electrons. The second-order valence-corrected chi connectivity index (χ2v) is 6.74. The highest BCUT2D eigenvalue weighted by Crippen LogP contribution is 2.32. The largest absolute Gasteiger partial charge is 0.456 e. The van der Waals surface area contributed by atoms with Crippen molar-refractivity contribution in [2.45, 2.75) is 46.6 Å². The monoisotopic (exact) mass is 418 g/mol. The molecule has 2 aromatic rings. The van der Waals surface area contributed by atoms with Gasteiger partial charge in [-0.2, -0.15) is 5.10 Å². The molecule has 0 aliphatic heterocycles. The summed E-state index contributed by atoms with van der Waals surface area (Å²) in [5.74, 6) is 4.85. The number of hydrogen-bond acceptors (Lipinski definition) is 6. The number of nitrogens with one attached hydrogen (secondary N) is 1. The van der Waals surface area contributed by atoms with Crippen molar-refractivity contribution in [3.05, 3.63) is 58.1 Å². The molecule has 0 bridgehead atoms. The fourth-order valence-corrected chi connectivity index (χ4v) is 3.51. The minimum atomic E-state index is -0.426. The van der Waals surface area contributed by atoms with Crippen LogP contribution in [0.5, 0.6) is 0 Å². The summed E-state index contributed by atoms with van der Waals surface area (Å²) >= 11 is 0. The van der Waals surface area contributed by atoms with Gasteiger partial charge in [-0.3, -0.25) is 4.79 Å². The van der Waals surface area contributed by atoms with Gasteiger partial charge in [0.1, 0.15) is 6.10 Å². The number of nitrogens with two attached hydrogens (primary N) is 2. The first kappa shape index (κ1) is 24.3. The molecule has 5 N–H and O–H groups in total. The summed E-state index contributed by atoms with van der Waals surface area (Å²) in [6, 6.07) is 9.79. The number of aryl methyl sites for hydroxylation is 1. The average molecular weight is 419 g/mol. The summed E-state index contributed by atoms with van der Waals surface area (Å²) in [6.07, 6.45) is 2.81. The van der Waals surface area contributed by atoms with Crippen LogP contribution in [0.3, 0.4) is 0 Å². The molecule has 7 heteroatoms. The van der Waals surface area contributed by atoms with E-state index >= 15 is 0 Å². The Labute approximate surface area is 179 Å². The third-order valence-corrected chi connectivity index (χ3v) is 4.83. The van der Waals surface area contributed by atoms with Gasteiger partial charge in [0.15, 0.2) is 0 Å². The minimum absolute atomic E-state index is 0. The average Bonchev–Trinajstić information content (AvgIpc) is 2.66. The number of nitrogens with zero attached hydrogens (tertiary/aromatic N) is 1. The molecule has 0 fully saturated rings. The first-order valence-electron chi connectivity index (χ1n) is 9.56. The molecule has 0 spiro atoms. The molecular weight excluding hydrogens is 388 g/mol. The van der Waals surface area contributed by atoms with E-state index in [1.54, 1.807) is 6.21 Å². The molecule has 6 nitrogen and oxygen atoms in total. The molecule has 0 heterocycles. The molecule has 29 heavy (non-hydrogen) atoms. The van der Waals surface area contributed by atoms with E-state index in [0.29, 0.717) is 6.54 Å². The van der Waals surface area contributed by atoms with E-state index < -0.39 is 6.10 Å². The van der Waals surface area contributed by atoms with Crippen LogP contribution in [0.15, 0.2) is 35.4 Å². The summed E-state index contributed by atoms with van der Waals surface area (Å²) in [5, 5.41) is 6.86. The third kappa shape index (κ3) is 6.12. The number of carbonyl (C=O) groups excluding carboxylic acids is 1. The fourth-order valence-electron chi connectivity index (χ4n) is 3.51. The van der Waals surface area contributed by atoms with Gasteiger partial charge in [-0.25, -0.2) is 0 Å². The number of hydrogen-bond donors (Lipinski definition) is 3. The van der Waals surface area contributed by atoms with Crippen LogP contribution in [0.25, 0.3) is 0 Å². The van der Waals surface area contributed by atoms with E-state index in [-0.39, 0.29) is 18.4 Å². The minimum Gasteiger partial charge on any atom is -0.456 e. The van der Waals surface area contributed by atoms with E-state index in [0.717, 1.165) is 52.0 Å². The lowest BCUT2D eigenvalue weighted by Crippen LogP contribution is -2.21. The Bertz CT molecular complexity index is 851. The topological polar surface area (TPSA) is 103 Å². The summed E-state index contributed by atoms with van der Waals surface area (Å²) in [4.78, 5) is 11.7. The van der Waals surface area contributed by atoms with Crippen LogP contribution in [-0.4, -0.2) is 18.7 Å². The van der Waals surface area contributed by atoms with Gasteiger partial charge in [0.25, 0.3) is 0 Å². The Balaban J connectivity index is 0.00000420. The standard InChI is InChI=1S/C22H30N4O2.ClH/c1-5-18-14(3)11-20(19(6-2)22(18)23)21(28-15(4)27)13-25-17-9-7-16(8-10-17)12-26-24;/h7-12,21,25H,5-6,13,23-24H2,1-4H3;1H. The number of carbonyl (C=O) groups is 1. The molecule has 2 rings (SSSR count). The van der Waals surface area contributed by atoms with Crippen molar-refractivity contribution in [3.63, 3.8) is 0 Å². The lowest BCUT2D eigenvalue weighted by atomic mass is 9.91. The Morgan fingerprint density at radius 1 is 1.21 bits per heavy atom. The van der Waals surface area contributed by atoms with Crippen molar-refractivity contribution >= 4 is 36.0 Å². The van der Waals surface area contributed by atoms with Gasteiger partial charge in [-0.15, -0.1) is 12.4 Å². The first-order chi connectivity index (χ1) is 13.4. The van der Waals surface area contributed by atoms with Gasteiger partial charge in [0.2, 0.25) is 0 Å². The predicted molar refractivity (Wildman–Crippen MR) is 123 cm³/mol. The number of hydrazone groups is 1. The summed E-state index contributed by atoms with van der Waals surface area (Å²) in [7, 11) is 0. The van der Waals surface area contributed by atoms with Gasteiger partial charge in [-0.05, 0) is 59.7 Å². The Morgan fingerprint density at radius 2 is 1.83 bits per heavy atom. The van der Waals surface area contributed by atoms with Crippen molar-refractivity contribution in [1.29, 1.82) is 0 Å². The first-order valence-corrected chi connectivity index (χ1v) is 9.56. The van der Waals surface area contributed by atoms with Crippen molar-refractivity contribution < 1.29 is 9.53 Å². The molecule has 0 aromatic heterocycles. The molecule has 0 radical (unpaired) electrons. The molecule has 0 saturated heterocycles. The molecule has 1 unspecified atom stereocenters. The number of benzene rings is 2. The van der Waals surface area contributed by atoms with Crippen LogP contribution in [0.1, 0.15) is 54.7 Å². The number of nitrogen functional groups attached to an aromatic ring is 1. The van der Waals surface area contributed by atoms with Crippen LogP contribution in [-0.2, 0) is 22.4 Å². The highest BCUT2D eigenvalue weighted by Gasteiger charge is 2.22. The zero-order valence-electron chi connectivity index (χ0n) is 17.5. The summed E-state index contributed by atoms with van der Waals surface area (Å²) in [6.45, 7) is 8.09. The van der Waals surface area contributed by atoms with Crippen LogP contribution in [0.2, 0.25) is 0 Å². The lowest BCUT2D eigenvalue weighted by molar-refractivity contribution is -0.146. The molecule has 0 aliphatic rings. The van der Waals surface area contributed by atoms with E-state index in [9.17, 15) is 4.79 Å². The van der Waals surface area contributed by atoms with Crippen molar-refractivity contribution in [1.82, 2.24) is 0 Å². The van der Waals surface area contributed by atoms with Crippen LogP contribution in [0.4, 0.5) is 11.4 Å². The highest BCUT2D eigenvalue weighted by atomic mass is 35.5. The zero-order chi connectivity index (χ0) is 20.7. The van der Waals surface area contributed by atoms with Gasteiger partial charge < -0.3 is 21.6 Å². The number of rotatable bonds is 8. The number of halogens is 1. The third-order valence-electron chi connectivity index (χ3n) is 4.83. The molecule has 2 aromatic carbocycles. The van der Waals surface area contributed by atoms with Crippen LogP contribution in [0, 0.1) is 6.92 Å². The maximum Gasteiger partial charge on any atom is 0.303 e. The summed E-state index contributed by atoms with van der Waals surface area (Å²) < 4.78 is 5.65. The number of anilines is 2. The SMILES string of the molecule is CCc1c(C)cc(C(CNc2ccc(C=NN)cc2)OC(C)=O)c(CC)c1N.Cl. The lowest BCUT2D eigenvalue weighted by Gasteiger charge is -2.24. The van der Waals surface area contributed by atoms with Gasteiger partial charge in [-0.1, -0.05) is 32.0 Å². The fraction of sp³-hybridized carbons (Fsp3) is 0.364. The van der Waals surface area contributed by atoms with Crippen LogP contribution >= 0.6 is 12.4 Å². The Morgan fingerprint density at radius 3 is 2.34 bits per heavy atom. The second-order valence-electron chi connectivity index (χ2n) is 6.74. The normalized spacial score (nSPS) is 11.7. The van der Waals surface area contributed by atoms with E-state index in [2.05, 4.69) is 30.3 Å². The van der Waals surface area contributed by atoms with Gasteiger partial charge in [0, 0.05) is 18.3 Å². The number of ether oxygens (including phenoxy) is 1. The number of esters is 1. The van der Waals surface area contributed by atoms with Crippen LogP contribution < -0.4 is 16.9 Å². The van der Waals surface area contributed by atoms with Gasteiger partial charge >= 0.3 is 5.97 Å². The van der Waals surface area contributed by atoms with E-state index in [1.807, 2.05) is 31.2 Å². The molecule has 0 aliphatic carbocycles. The maximum atomic E-state index is 11.7. The van der Waals surface area contributed by atoms with Crippen molar-refractivity contribution in [2.24, 2.45) is 10.9 Å². The Hall–Kier alpha value is -2.73. The highest BCUT2D eigenvalue weighted by molar-refractivity contribution is 5.85. The zero-order valence-corrected chi connectivity index (χ0v) is 18.3. The molecule has 0 saturated carbocycles. The van der Waals surface area contributed by atoms with E-state index in [1.165, 1.54) is 6.92 Å². The van der Waals surface area contributed by atoms with Crippen molar-refractivity contribution in [2.75, 3.05) is 17.6 Å². The predicted octanol–water partition coefficient (Wildman–Crippen LogP) is 4.13. The smallest absolute Gasteiger partial charge is 0.303 e. The quantitative estimate of drug-likeness (QED) is 0.196.